The number of amides is 1. The Hall–Kier alpha value is -3.35. The lowest BCUT2D eigenvalue weighted by atomic mass is 9.94. The quantitative estimate of drug-likeness (QED) is 0.222. The van der Waals surface area contributed by atoms with Crippen LogP contribution in [0.15, 0.2) is 87.5 Å². The average molecular weight is 740 g/mol. The summed E-state index contributed by atoms with van der Waals surface area (Å²) < 4.78 is 101. The number of thioether (sulfide) groups is 1. The third kappa shape index (κ3) is 8.02. The highest BCUT2D eigenvalue weighted by Gasteiger charge is 2.49. The minimum atomic E-state index is -6.01. The minimum absolute atomic E-state index is 0.00428. The van der Waals surface area contributed by atoms with E-state index in [4.69, 9.17) is 4.74 Å². The number of ether oxygens (including phenoxy) is 1. The first kappa shape index (κ1) is 35.5. The first-order valence-electron chi connectivity index (χ1n) is 15.7. The van der Waals surface area contributed by atoms with E-state index in [1.165, 1.54) is 23.9 Å². The highest BCUT2D eigenvalue weighted by molar-refractivity contribution is 7.99. The molecule has 17 heteroatoms. The van der Waals surface area contributed by atoms with Gasteiger partial charge in [0.25, 0.3) is 25.8 Å². The van der Waals surface area contributed by atoms with E-state index in [1.807, 2.05) is 35.1 Å². The number of morpholine rings is 1. The summed E-state index contributed by atoms with van der Waals surface area (Å²) in [4.78, 5) is 16.1. The number of hydrogen-bond acceptors (Lipinski definition) is 11. The lowest BCUT2D eigenvalue weighted by Crippen LogP contribution is -2.70. The Bertz CT molecular complexity index is 1860. The number of carbonyl (C=O) groups is 1. The molecule has 1 amide bonds. The van der Waals surface area contributed by atoms with Crippen molar-refractivity contribution in [2.75, 3.05) is 61.8 Å². The van der Waals surface area contributed by atoms with Gasteiger partial charge in [0, 0.05) is 67.2 Å². The third-order valence-electron chi connectivity index (χ3n) is 8.81. The van der Waals surface area contributed by atoms with Crippen LogP contribution in [0.4, 0.5) is 24.5 Å². The van der Waals surface area contributed by atoms with Gasteiger partial charge in [0.1, 0.15) is 4.90 Å². The van der Waals surface area contributed by atoms with Gasteiger partial charge in [0.2, 0.25) is 0 Å². The van der Waals surface area contributed by atoms with Gasteiger partial charge in [0.05, 0.1) is 29.3 Å². The van der Waals surface area contributed by atoms with E-state index in [-0.39, 0.29) is 11.7 Å². The number of fused-ring (bicyclic) bond motifs is 1. The zero-order valence-corrected chi connectivity index (χ0v) is 28.7. The van der Waals surface area contributed by atoms with Crippen molar-refractivity contribution in [3.05, 3.63) is 78.4 Å². The molecule has 3 aromatic carbocycles. The SMILES string of the molecule is O=C(NS(=O)(=O)c1ccc(NC(CCN2CC3OC[C@@H]32)CSc2ccccc2)c(S(=O)(=O)C(F)(F)F)c1)c1ccc(N2CCNCC2)cc1. The van der Waals surface area contributed by atoms with Crippen LogP contribution < -0.4 is 20.3 Å². The van der Waals surface area contributed by atoms with Crippen LogP contribution in [0.1, 0.15) is 16.8 Å². The van der Waals surface area contributed by atoms with Crippen LogP contribution in [0.3, 0.4) is 0 Å². The van der Waals surface area contributed by atoms with Crippen LogP contribution >= 0.6 is 11.8 Å². The predicted octanol–water partition coefficient (Wildman–Crippen LogP) is 3.55. The largest absolute Gasteiger partial charge is 0.501 e. The second-order valence-electron chi connectivity index (χ2n) is 12.0. The number of anilines is 2. The monoisotopic (exact) mass is 739 g/mol. The smallest absolute Gasteiger partial charge is 0.380 e. The van der Waals surface area contributed by atoms with Crippen molar-refractivity contribution in [2.45, 2.75) is 44.8 Å². The van der Waals surface area contributed by atoms with Crippen molar-refractivity contribution in [1.29, 1.82) is 0 Å². The molecule has 2 unspecified atom stereocenters. The Morgan fingerprint density at radius 3 is 2.33 bits per heavy atom. The van der Waals surface area contributed by atoms with E-state index < -0.39 is 52.8 Å². The van der Waals surface area contributed by atoms with Gasteiger partial charge < -0.3 is 20.3 Å². The van der Waals surface area contributed by atoms with E-state index in [1.54, 1.807) is 12.1 Å². The molecule has 0 aromatic heterocycles. The lowest BCUT2D eigenvalue weighted by Gasteiger charge is -2.55. The lowest BCUT2D eigenvalue weighted by molar-refractivity contribution is -0.214. The summed E-state index contributed by atoms with van der Waals surface area (Å²) in [7, 11) is -10.8. The molecule has 11 nitrogen and oxygen atoms in total. The molecular weight excluding hydrogens is 704 g/mol. The standard InChI is InChI=1S/C32H36F3N5O6S3/c33-32(34,35)48(42,43)30-18-26(49(44,45)38-31(41)22-6-8-24(9-7-22)39-16-13-36-14-17-39)10-11-27(30)37-23(21-47-25-4-2-1-3-5-25)12-15-40-19-29-28(40)20-46-29/h1-11,18,23,28-29,36-37H,12-17,19-21H2,(H,38,41)/t23?,28-,29?/m0/s1. The molecule has 3 saturated heterocycles. The van der Waals surface area contributed by atoms with Crippen molar-refractivity contribution in [3.63, 3.8) is 0 Å². The predicted molar refractivity (Wildman–Crippen MR) is 180 cm³/mol. The number of rotatable bonds is 13. The molecule has 0 spiro atoms. The molecular formula is C32H36F3N5O6S3. The fraction of sp³-hybridized carbons (Fsp3) is 0.406. The van der Waals surface area contributed by atoms with Gasteiger partial charge in [-0.25, -0.2) is 21.6 Å². The summed E-state index contributed by atoms with van der Waals surface area (Å²) in [5.74, 6) is -0.630. The zero-order chi connectivity index (χ0) is 34.8. The molecule has 0 aliphatic carbocycles. The molecule has 49 heavy (non-hydrogen) atoms. The Balaban J connectivity index is 1.23. The van der Waals surface area contributed by atoms with Crippen LogP contribution in [0.2, 0.25) is 0 Å². The van der Waals surface area contributed by atoms with Gasteiger partial charge in [-0.3, -0.25) is 9.69 Å². The highest BCUT2D eigenvalue weighted by Crippen LogP contribution is 2.37. The first-order valence-corrected chi connectivity index (χ1v) is 19.7. The number of nitrogens with zero attached hydrogens (tertiary/aromatic N) is 2. The van der Waals surface area contributed by atoms with E-state index in [0.717, 1.165) is 55.4 Å². The summed E-state index contributed by atoms with van der Waals surface area (Å²) >= 11 is 1.45. The van der Waals surface area contributed by atoms with Crippen molar-refractivity contribution >= 4 is 48.9 Å². The number of piperazine rings is 1. The normalized spacial score (nSPS) is 20.4. The second kappa shape index (κ2) is 14.5. The van der Waals surface area contributed by atoms with Crippen molar-refractivity contribution in [1.82, 2.24) is 14.9 Å². The molecule has 0 bridgehead atoms. The van der Waals surface area contributed by atoms with E-state index in [2.05, 4.69) is 20.4 Å². The summed E-state index contributed by atoms with van der Waals surface area (Å²) in [5, 5.41) is 6.21. The summed E-state index contributed by atoms with van der Waals surface area (Å²) in [5.41, 5.74) is -5.26. The van der Waals surface area contributed by atoms with Crippen LogP contribution in [0, 0.1) is 0 Å². The number of nitrogens with one attached hydrogen (secondary N) is 3. The number of halogens is 3. The van der Waals surface area contributed by atoms with Gasteiger partial charge in [0.15, 0.2) is 0 Å². The number of sulfone groups is 1. The van der Waals surface area contributed by atoms with Gasteiger partial charge >= 0.3 is 5.51 Å². The highest BCUT2D eigenvalue weighted by atomic mass is 32.2. The Kier molecular flexibility index (Phi) is 10.5. The van der Waals surface area contributed by atoms with Gasteiger partial charge in [-0.05, 0) is 61.0 Å². The van der Waals surface area contributed by atoms with Crippen LogP contribution in [0.5, 0.6) is 0 Å². The molecule has 3 aromatic rings. The molecule has 3 heterocycles. The number of hydrogen-bond donors (Lipinski definition) is 3. The van der Waals surface area contributed by atoms with Crippen molar-refractivity contribution in [2.24, 2.45) is 0 Å². The summed E-state index contributed by atoms with van der Waals surface area (Å²) in [6.45, 7) is 5.07. The number of sulfonamides is 1. The number of carbonyl (C=O) groups excluding carboxylic acids is 1. The van der Waals surface area contributed by atoms with E-state index in [0.29, 0.717) is 37.4 Å². The van der Waals surface area contributed by atoms with Crippen LogP contribution in [-0.4, -0.2) is 103 Å². The maximum Gasteiger partial charge on any atom is 0.501 e. The number of alkyl halides is 3. The molecule has 3 fully saturated rings. The average Bonchev–Trinajstić information content (AvgIpc) is 3.07. The fourth-order valence-electron chi connectivity index (χ4n) is 5.89. The number of benzene rings is 3. The van der Waals surface area contributed by atoms with E-state index >= 15 is 0 Å². The van der Waals surface area contributed by atoms with Gasteiger partial charge in [-0.2, -0.15) is 13.2 Å². The minimum Gasteiger partial charge on any atom is -0.380 e. The molecule has 0 saturated carbocycles. The maximum absolute atomic E-state index is 14.0. The molecule has 3 N–H and O–H groups in total. The van der Waals surface area contributed by atoms with E-state index in [9.17, 15) is 34.8 Å². The first-order chi connectivity index (χ1) is 23.3. The van der Waals surface area contributed by atoms with Crippen LogP contribution in [-0.2, 0) is 24.6 Å². The van der Waals surface area contributed by atoms with Gasteiger partial charge in [-0.1, -0.05) is 18.2 Å². The summed E-state index contributed by atoms with van der Waals surface area (Å²) in [6, 6.07) is 17.8. The molecule has 3 aliphatic heterocycles. The second-order valence-corrected chi connectivity index (χ2v) is 16.7. The van der Waals surface area contributed by atoms with Crippen LogP contribution in [0.25, 0.3) is 0 Å². The third-order valence-corrected chi connectivity index (χ3v) is 12.8. The maximum atomic E-state index is 14.0. The molecule has 3 aliphatic rings. The fourth-order valence-corrected chi connectivity index (χ4v) is 8.91. The Morgan fingerprint density at radius 2 is 1.71 bits per heavy atom. The molecule has 6 rings (SSSR count). The van der Waals surface area contributed by atoms with Gasteiger partial charge in [-0.15, -0.1) is 11.8 Å². The molecule has 264 valence electrons. The Morgan fingerprint density at radius 1 is 1.00 bits per heavy atom. The molecule has 3 atom stereocenters. The molecule has 0 radical (unpaired) electrons. The van der Waals surface area contributed by atoms with Crippen molar-refractivity contribution in [3.8, 4) is 0 Å². The topological polar surface area (TPSA) is 137 Å². The number of likely N-dealkylation sites (tertiary alicyclic amines) is 1. The van der Waals surface area contributed by atoms with Crippen molar-refractivity contribution < 1.29 is 39.5 Å². The summed E-state index contributed by atoms with van der Waals surface area (Å²) in [6.07, 6.45) is 0.665. The zero-order valence-electron chi connectivity index (χ0n) is 26.2. The Labute approximate surface area is 287 Å².